The first kappa shape index (κ1) is 11.9. The fourth-order valence-corrected chi connectivity index (χ4v) is 2.20. The Kier molecular flexibility index (Phi) is 3.31. The van der Waals surface area contributed by atoms with Gasteiger partial charge in [0.15, 0.2) is 0 Å². The number of nitrogens with zero attached hydrogens (tertiary/aromatic N) is 1. The number of carbonyl (C=O) groups is 1. The zero-order valence-electron chi connectivity index (χ0n) is 10.2. The van der Waals surface area contributed by atoms with Crippen molar-refractivity contribution in [2.24, 2.45) is 5.92 Å². The van der Waals surface area contributed by atoms with Crippen LogP contribution in [-0.2, 0) is 6.42 Å². The van der Waals surface area contributed by atoms with Crippen molar-refractivity contribution in [3.05, 3.63) is 23.4 Å². The molecule has 4 nitrogen and oxygen atoms in total. The van der Waals surface area contributed by atoms with Gasteiger partial charge in [0.1, 0.15) is 5.82 Å². The number of pyridine rings is 1. The summed E-state index contributed by atoms with van der Waals surface area (Å²) in [6, 6.07) is 3.70. The van der Waals surface area contributed by atoms with Gasteiger partial charge in [-0.1, -0.05) is 13.8 Å². The molecule has 1 aromatic heterocycles. The van der Waals surface area contributed by atoms with Crippen molar-refractivity contribution in [1.29, 1.82) is 0 Å². The van der Waals surface area contributed by atoms with Crippen molar-refractivity contribution >= 4 is 11.8 Å². The minimum atomic E-state index is -0.896. The van der Waals surface area contributed by atoms with Crippen LogP contribution in [0.15, 0.2) is 12.1 Å². The predicted octanol–water partition coefficient (Wildman–Crippen LogP) is 2.55. The van der Waals surface area contributed by atoms with Gasteiger partial charge in [-0.15, -0.1) is 0 Å². The Labute approximate surface area is 101 Å². The maximum absolute atomic E-state index is 11.0. The van der Waals surface area contributed by atoms with Gasteiger partial charge in [0.2, 0.25) is 0 Å². The molecule has 0 unspecified atom stereocenters. The van der Waals surface area contributed by atoms with Crippen molar-refractivity contribution in [3.8, 4) is 0 Å². The number of hydrogen-bond donors (Lipinski definition) is 2. The number of rotatable bonds is 4. The lowest BCUT2D eigenvalue weighted by atomic mass is 9.82. The van der Waals surface area contributed by atoms with Crippen LogP contribution < -0.4 is 5.32 Å². The molecule has 1 aliphatic carbocycles. The van der Waals surface area contributed by atoms with Gasteiger partial charge in [0.05, 0.1) is 5.56 Å². The molecule has 92 valence electrons. The lowest BCUT2D eigenvalue weighted by molar-refractivity contribution is 0.0696. The van der Waals surface area contributed by atoms with Crippen LogP contribution in [0.5, 0.6) is 0 Å². The summed E-state index contributed by atoms with van der Waals surface area (Å²) in [5.41, 5.74) is 1.13. The minimum absolute atomic E-state index is 0.312. The van der Waals surface area contributed by atoms with E-state index < -0.39 is 5.97 Å². The zero-order valence-corrected chi connectivity index (χ0v) is 10.2. The number of aryl methyl sites for hydroxylation is 1. The molecule has 17 heavy (non-hydrogen) atoms. The summed E-state index contributed by atoms with van der Waals surface area (Å²) < 4.78 is 0. The van der Waals surface area contributed by atoms with Gasteiger partial charge in [0.25, 0.3) is 0 Å². The normalized spacial score (nSPS) is 22.9. The van der Waals surface area contributed by atoms with Gasteiger partial charge in [-0.05, 0) is 37.3 Å². The van der Waals surface area contributed by atoms with Gasteiger partial charge in [-0.25, -0.2) is 9.78 Å². The average Bonchev–Trinajstić information content (AvgIpc) is 2.26. The topological polar surface area (TPSA) is 62.2 Å². The summed E-state index contributed by atoms with van der Waals surface area (Å²) in [5, 5.41) is 12.3. The Morgan fingerprint density at radius 2 is 2.24 bits per heavy atom. The largest absolute Gasteiger partial charge is 0.478 e. The van der Waals surface area contributed by atoms with E-state index in [1.165, 1.54) is 0 Å². The Hall–Kier alpha value is -1.58. The molecule has 1 fully saturated rings. The smallest absolute Gasteiger partial charge is 0.335 e. The van der Waals surface area contributed by atoms with Crippen LogP contribution >= 0.6 is 0 Å². The molecule has 0 amide bonds. The highest BCUT2D eigenvalue weighted by Crippen LogP contribution is 2.29. The van der Waals surface area contributed by atoms with Crippen LogP contribution in [-0.4, -0.2) is 22.1 Å². The molecular formula is C13H18N2O2. The summed E-state index contributed by atoms with van der Waals surface area (Å²) in [7, 11) is 0. The van der Waals surface area contributed by atoms with Gasteiger partial charge in [-0.2, -0.15) is 0 Å². The van der Waals surface area contributed by atoms with E-state index in [9.17, 15) is 4.79 Å². The first-order valence-electron chi connectivity index (χ1n) is 6.09. The molecule has 0 saturated heterocycles. The SMILES string of the molecule is CCc1cc(C(=O)O)cc(NC2CC(C)C2)n1. The number of carboxylic acids is 1. The van der Waals surface area contributed by atoms with E-state index >= 15 is 0 Å². The van der Waals surface area contributed by atoms with E-state index in [1.807, 2.05) is 6.92 Å². The molecule has 1 aromatic rings. The van der Waals surface area contributed by atoms with Crippen LogP contribution in [0.2, 0.25) is 0 Å². The monoisotopic (exact) mass is 234 g/mol. The molecule has 0 spiro atoms. The molecular weight excluding hydrogens is 216 g/mol. The van der Waals surface area contributed by atoms with Crippen molar-refractivity contribution in [2.45, 2.75) is 39.2 Å². The highest BCUT2D eigenvalue weighted by molar-refractivity contribution is 5.88. The van der Waals surface area contributed by atoms with E-state index in [2.05, 4.69) is 17.2 Å². The molecule has 1 aliphatic rings. The highest BCUT2D eigenvalue weighted by atomic mass is 16.4. The van der Waals surface area contributed by atoms with Crippen LogP contribution in [0.4, 0.5) is 5.82 Å². The number of hydrogen-bond acceptors (Lipinski definition) is 3. The molecule has 0 bridgehead atoms. The third-order valence-electron chi connectivity index (χ3n) is 3.21. The first-order chi connectivity index (χ1) is 8.08. The molecule has 0 aromatic carbocycles. The van der Waals surface area contributed by atoms with Crippen molar-refractivity contribution in [3.63, 3.8) is 0 Å². The molecule has 1 heterocycles. The second-order valence-corrected chi connectivity index (χ2v) is 4.81. The van der Waals surface area contributed by atoms with Crippen molar-refractivity contribution < 1.29 is 9.90 Å². The molecule has 0 atom stereocenters. The Morgan fingerprint density at radius 1 is 1.53 bits per heavy atom. The summed E-state index contributed by atoms with van der Waals surface area (Å²) >= 11 is 0. The molecule has 0 radical (unpaired) electrons. The van der Waals surface area contributed by atoms with E-state index in [-0.39, 0.29) is 0 Å². The lowest BCUT2D eigenvalue weighted by Gasteiger charge is -2.33. The summed E-state index contributed by atoms with van der Waals surface area (Å²) in [5.74, 6) is 0.562. The molecule has 2 rings (SSSR count). The van der Waals surface area contributed by atoms with Gasteiger partial charge in [-0.3, -0.25) is 0 Å². The third kappa shape index (κ3) is 2.75. The van der Waals surface area contributed by atoms with Crippen LogP contribution in [0, 0.1) is 5.92 Å². The Bertz CT molecular complexity index is 425. The van der Waals surface area contributed by atoms with Crippen molar-refractivity contribution in [1.82, 2.24) is 4.98 Å². The number of aromatic nitrogens is 1. The minimum Gasteiger partial charge on any atom is -0.478 e. The summed E-state index contributed by atoms with van der Waals surface area (Å²) in [4.78, 5) is 15.4. The summed E-state index contributed by atoms with van der Waals surface area (Å²) in [6.07, 6.45) is 3.03. The molecule has 0 aliphatic heterocycles. The molecule has 2 N–H and O–H groups in total. The van der Waals surface area contributed by atoms with Gasteiger partial charge < -0.3 is 10.4 Å². The van der Waals surface area contributed by atoms with Crippen molar-refractivity contribution in [2.75, 3.05) is 5.32 Å². The Morgan fingerprint density at radius 3 is 2.76 bits per heavy atom. The van der Waals surface area contributed by atoms with E-state index in [0.29, 0.717) is 17.4 Å². The average molecular weight is 234 g/mol. The fourth-order valence-electron chi connectivity index (χ4n) is 2.20. The second-order valence-electron chi connectivity index (χ2n) is 4.81. The molecule has 1 saturated carbocycles. The highest BCUT2D eigenvalue weighted by Gasteiger charge is 2.25. The number of carboxylic acid groups (broad SMARTS) is 1. The zero-order chi connectivity index (χ0) is 12.4. The summed E-state index contributed by atoms with van der Waals surface area (Å²) in [6.45, 7) is 4.19. The fraction of sp³-hybridized carbons (Fsp3) is 0.538. The maximum atomic E-state index is 11.0. The maximum Gasteiger partial charge on any atom is 0.335 e. The van der Waals surface area contributed by atoms with Crippen LogP contribution in [0.25, 0.3) is 0 Å². The van der Waals surface area contributed by atoms with Gasteiger partial charge >= 0.3 is 5.97 Å². The van der Waals surface area contributed by atoms with E-state index in [4.69, 9.17) is 5.11 Å². The van der Waals surface area contributed by atoms with Crippen LogP contribution in [0.3, 0.4) is 0 Å². The number of aromatic carboxylic acids is 1. The lowest BCUT2D eigenvalue weighted by Crippen LogP contribution is -2.34. The van der Waals surface area contributed by atoms with Gasteiger partial charge in [0, 0.05) is 11.7 Å². The standard InChI is InChI=1S/C13H18N2O2/c1-3-10-6-9(13(16)17)7-12(14-10)15-11-4-8(2)5-11/h6-8,11H,3-5H2,1-2H3,(H,14,15)(H,16,17). The van der Waals surface area contributed by atoms with E-state index in [1.54, 1.807) is 12.1 Å². The number of nitrogens with one attached hydrogen (secondary N) is 1. The quantitative estimate of drug-likeness (QED) is 0.840. The predicted molar refractivity (Wildman–Crippen MR) is 66.4 cm³/mol. The molecule has 4 heteroatoms. The Balaban J connectivity index is 2.15. The number of anilines is 1. The first-order valence-corrected chi connectivity index (χ1v) is 6.09. The van der Waals surface area contributed by atoms with E-state index in [0.717, 1.165) is 30.9 Å². The van der Waals surface area contributed by atoms with Crippen LogP contribution in [0.1, 0.15) is 42.7 Å². The second kappa shape index (κ2) is 4.73. The third-order valence-corrected chi connectivity index (χ3v) is 3.21.